The fraction of sp³-hybridized carbons (Fsp3) is 0.577. The van der Waals surface area contributed by atoms with Gasteiger partial charge in [0.1, 0.15) is 17.6 Å². The number of amides is 3. The summed E-state index contributed by atoms with van der Waals surface area (Å²) >= 11 is 0. The number of alkyl halides is 3. The van der Waals surface area contributed by atoms with Gasteiger partial charge in [-0.3, -0.25) is 4.79 Å². The average Bonchev–Trinajstić information content (AvgIpc) is 3.73. The molecule has 0 unspecified atom stereocenters. The van der Waals surface area contributed by atoms with Crippen LogP contribution in [-0.2, 0) is 4.74 Å². The zero-order valence-electron chi connectivity index (χ0n) is 22.3. The van der Waals surface area contributed by atoms with Crippen LogP contribution in [0.2, 0.25) is 0 Å². The van der Waals surface area contributed by atoms with E-state index in [9.17, 15) is 22.8 Å². The lowest BCUT2D eigenvalue weighted by molar-refractivity contribution is -0.265. The van der Waals surface area contributed by atoms with Gasteiger partial charge in [0.15, 0.2) is 11.3 Å². The third-order valence-corrected chi connectivity index (χ3v) is 8.03. The molecule has 40 heavy (non-hydrogen) atoms. The number of carbonyl (C=O) groups excluding carboxylic acids is 2. The van der Waals surface area contributed by atoms with E-state index in [-0.39, 0.29) is 34.8 Å². The number of hydrogen-bond acceptors (Lipinski definition) is 7. The second-order valence-corrected chi connectivity index (χ2v) is 11.6. The van der Waals surface area contributed by atoms with Crippen LogP contribution in [-0.4, -0.2) is 67.6 Å². The maximum absolute atomic E-state index is 13.5. The van der Waals surface area contributed by atoms with Gasteiger partial charge in [-0.15, -0.1) is 0 Å². The predicted molar refractivity (Wildman–Crippen MR) is 134 cm³/mol. The molecule has 3 fully saturated rings. The summed E-state index contributed by atoms with van der Waals surface area (Å²) in [5, 5.41) is 12.9. The summed E-state index contributed by atoms with van der Waals surface area (Å²) < 4.78 is 50.3. The van der Waals surface area contributed by atoms with Crippen molar-refractivity contribution in [2.45, 2.75) is 75.9 Å². The minimum absolute atomic E-state index is 0.0513. The van der Waals surface area contributed by atoms with E-state index in [1.165, 1.54) is 6.92 Å². The fourth-order valence-electron chi connectivity index (χ4n) is 5.14. The zero-order valence-corrected chi connectivity index (χ0v) is 22.3. The molecule has 14 heteroatoms. The summed E-state index contributed by atoms with van der Waals surface area (Å²) in [6.45, 7) is 3.52. The van der Waals surface area contributed by atoms with Gasteiger partial charge in [0.2, 0.25) is 0 Å². The molecule has 1 aromatic carbocycles. The van der Waals surface area contributed by atoms with Crippen molar-refractivity contribution in [1.29, 1.82) is 0 Å². The number of H-pyrrole nitrogens is 1. The van der Waals surface area contributed by atoms with Crippen LogP contribution < -0.4 is 10.6 Å². The van der Waals surface area contributed by atoms with Gasteiger partial charge in [0, 0.05) is 6.54 Å². The van der Waals surface area contributed by atoms with Crippen LogP contribution in [0.4, 0.5) is 18.0 Å². The maximum atomic E-state index is 13.5. The Morgan fingerprint density at radius 1 is 1.27 bits per heavy atom. The maximum Gasteiger partial charge on any atom is 0.416 e. The Labute approximate surface area is 227 Å². The first kappa shape index (κ1) is 26.5. The number of carbonyl (C=O) groups is 2. The summed E-state index contributed by atoms with van der Waals surface area (Å²) in [7, 11) is 0. The van der Waals surface area contributed by atoms with Gasteiger partial charge in [-0.05, 0) is 75.2 Å². The molecule has 214 valence electrons. The van der Waals surface area contributed by atoms with Crippen LogP contribution >= 0.6 is 0 Å². The number of rotatable bonds is 9. The molecule has 2 aliphatic carbocycles. The first-order valence-corrected chi connectivity index (χ1v) is 13.2. The van der Waals surface area contributed by atoms with Crippen molar-refractivity contribution in [2.24, 2.45) is 5.92 Å². The molecule has 6 rings (SSSR count). The van der Waals surface area contributed by atoms with Crippen LogP contribution in [0.15, 0.2) is 22.8 Å². The number of hydrogen-bond donors (Lipinski definition) is 3. The average molecular weight is 562 g/mol. The van der Waals surface area contributed by atoms with Crippen LogP contribution in [0.25, 0.3) is 11.0 Å². The molecule has 0 bridgehead atoms. The van der Waals surface area contributed by atoms with Gasteiger partial charge in [-0.25, -0.2) is 14.4 Å². The normalized spacial score (nSPS) is 20.1. The number of aromatic nitrogens is 4. The second kappa shape index (κ2) is 9.18. The molecule has 3 amide bonds. The number of nitrogens with zero attached hydrogens (tertiary/aromatic N) is 4. The number of aromatic amines is 1. The van der Waals surface area contributed by atoms with Gasteiger partial charge in [0.05, 0.1) is 29.2 Å². The molecule has 2 atom stereocenters. The highest BCUT2D eigenvalue weighted by Crippen LogP contribution is 2.49. The number of imidazole rings is 1. The van der Waals surface area contributed by atoms with Gasteiger partial charge in [-0.2, -0.15) is 13.2 Å². The molecule has 2 saturated carbocycles. The summed E-state index contributed by atoms with van der Waals surface area (Å²) in [5.74, 6) is -0.114. The van der Waals surface area contributed by atoms with E-state index in [0.717, 1.165) is 45.1 Å². The molecule has 11 nitrogen and oxygen atoms in total. The van der Waals surface area contributed by atoms with E-state index in [4.69, 9.17) is 4.74 Å². The van der Waals surface area contributed by atoms with E-state index < -0.39 is 30.3 Å². The Balaban J connectivity index is 1.29. The Morgan fingerprint density at radius 3 is 2.62 bits per heavy atom. The van der Waals surface area contributed by atoms with E-state index in [2.05, 4.69) is 35.5 Å². The minimum Gasteiger partial charge on any atom is -0.364 e. The molecule has 0 radical (unpaired) electrons. The third kappa shape index (κ3) is 4.88. The highest BCUT2D eigenvalue weighted by atomic mass is 19.4. The molecule has 3 N–H and O–H groups in total. The predicted octanol–water partition coefficient (Wildman–Crippen LogP) is 4.09. The quantitative estimate of drug-likeness (QED) is 0.358. The molecule has 1 aliphatic heterocycles. The Hall–Kier alpha value is -3.68. The molecule has 3 heterocycles. The molecule has 3 aliphatic rings. The molecular weight excluding hydrogens is 531 g/mol. The summed E-state index contributed by atoms with van der Waals surface area (Å²) in [5.41, 5.74) is -0.276. The number of aryl methyl sites for hydroxylation is 1. The van der Waals surface area contributed by atoms with Crippen LogP contribution in [0.3, 0.4) is 0 Å². The molecule has 1 saturated heterocycles. The summed E-state index contributed by atoms with van der Waals surface area (Å²) in [4.78, 5) is 35.3. The number of urea groups is 1. The number of fused-ring (bicyclic) bond motifs is 1. The highest BCUT2D eigenvalue weighted by Gasteiger charge is 2.55. The molecule has 2 aromatic heterocycles. The minimum atomic E-state index is -4.63. The molecule has 1 spiro atoms. The first-order chi connectivity index (χ1) is 18.9. The number of benzene rings is 1. The monoisotopic (exact) mass is 561 g/mol. The van der Waals surface area contributed by atoms with Gasteiger partial charge in [0.25, 0.3) is 5.91 Å². The number of halogens is 3. The van der Waals surface area contributed by atoms with E-state index in [0.29, 0.717) is 23.5 Å². The van der Waals surface area contributed by atoms with Crippen molar-refractivity contribution in [3.63, 3.8) is 0 Å². The fourth-order valence-corrected chi connectivity index (χ4v) is 5.14. The van der Waals surface area contributed by atoms with Crippen LogP contribution in [0.1, 0.15) is 79.2 Å². The van der Waals surface area contributed by atoms with Gasteiger partial charge < -0.3 is 25.3 Å². The van der Waals surface area contributed by atoms with Crippen LogP contribution in [0.5, 0.6) is 0 Å². The van der Waals surface area contributed by atoms with E-state index in [1.54, 1.807) is 0 Å². The van der Waals surface area contributed by atoms with Crippen molar-refractivity contribution in [1.82, 2.24) is 35.8 Å². The van der Waals surface area contributed by atoms with E-state index >= 15 is 0 Å². The molecular formula is C26H30F3N7O4. The molecule has 3 aromatic rings. The lowest BCUT2D eigenvalue weighted by Gasteiger charge is -2.29. The van der Waals surface area contributed by atoms with Gasteiger partial charge in [-0.1, -0.05) is 11.2 Å². The standard InChI is InChI=1S/C26H30F3N7O4/c1-13-19(35-40-34-13)22(37)32-18(11-39-24(2,3)26(27,28)29)21-30-16-7-6-15(10-17(16)31-21)20(14-4-5-14)36-12-25(8-9-25)33-23(36)38/h6-7,10,14,18,20H,4-5,8-9,11-12H2,1-3H3,(H,30,31)(H,32,37)(H,33,38)/t18-,20+/m0/s1. The van der Waals surface area contributed by atoms with Crippen molar-refractivity contribution in [2.75, 3.05) is 13.2 Å². The van der Waals surface area contributed by atoms with Crippen molar-refractivity contribution in [3.8, 4) is 0 Å². The SMILES string of the molecule is Cc1nonc1C(=O)N[C@@H](COC(C)(C)C(F)(F)F)c1nc2ccc([C@@H](C3CC3)N3CC4(CC4)NC3=O)cc2[nH]1. The number of ether oxygens (including phenoxy) is 1. The lowest BCUT2D eigenvalue weighted by Crippen LogP contribution is -2.44. The smallest absolute Gasteiger partial charge is 0.364 e. The van der Waals surface area contributed by atoms with E-state index in [1.807, 2.05) is 23.1 Å². The zero-order chi connectivity index (χ0) is 28.4. The lowest BCUT2D eigenvalue weighted by atomic mass is 10.00. The Morgan fingerprint density at radius 2 is 2.02 bits per heavy atom. The Kier molecular flexibility index (Phi) is 6.09. The highest BCUT2D eigenvalue weighted by molar-refractivity contribution is 5.93. The van der Waals surface area contributed by atoms with Crippen molar-refractivity contribution in [3.05, 3.63) is 41.0 Å². The third-order valence-electron chi connectivity index (χ3n) is 8.03. The number of nitrogens with one attached hydrogen (secondary N) is 3. The second-order valence-electron chi connectivity index (χ2n) is 11.6. The summed E-state index contributed by atoms with van der Waals surface area (Å²) in [6, 6.07) is 4.47. The van der Waals surface area contributed by atoms with Crippen molar-refractivity contribution < 1.29 is 32.1 Å². The van der Waals surface area contributed by atoms with Gasteiger partial charge >= 0.3 is 12.2 Å². The topological polar surface area (TPSA) is 138 Å². The van der Waals surface area contributed by atoms with Crippen LogP contribution in [0, 0.1) is 12.8 Å². The summed E-state index contributed by atoms with van der Waals surface area (Å²) in [6.07, 6.45) is -0.593. The first-order valence-electron chi connectivity index (χ1n) is 13.2. The Bertz CT molecular complexity index is 1460. The van der Waals surface area contributed by atoms with Crippen molar-refractivity contribution >= 4 is 23.0 Å². The largest absolute Gasteiger partial charge is 0.416 e.